The van der Waals surface area contributed by atoms with E-state index in [1.165, 1.54) is 0 Å². The molecule has 0 unspecified atom stereocenters. The average Bonchev–Trinajstić information content (AvgIpc) is 2.74. The first-order valence-corrected chi connectivity index (χ1v) is 6.00. The van der Waals surface area contributed by atoms with Gasteiger partial charge in [-0.1, -0.05) is 13.8 Å². The first-order chi connectivity index (χ1) is 8.04. The molecular weight excluding hydrogens is 214 g/mol. The Morgan fingerprint density at radius 3 is 2.94 bits per heavy atom. The molecule has 92 valence electrons. The summed E-state index contributed by atoms with van der Waals surface area (Å²) in [7, 11) is 1.87. The van der Waals surface area contributed by atoms with Gasteiger partial charge in [0.05, 0.1) is 6.61 Å². The van der Waals surface area contributed by atoms with Gasteiger partial charge in [0.15, 0.2) is 5.78 Å². The van der Waals surface area contributed by atoms with Crippen LogP contribution in [-0.4, -0.2) is 26.0 Å². The highest BCUT2D eigenvalue weighted by atomic mass is 16.5. The Kier molecular flexibility index (Phi) is 3.20. The maximum absolute atomic E-state index is 12.4. The third kappa shape index (κ3) is 2.34. The fourth-order valence-electron chi connectivity index (χ4n) is 2.24. The number of Topliss-reactive ketones (excluding diaryl/α,β-unsaturated/α-hetero) is 1. The Morgan fingerprint density at radius 2 is 2.24 bits per heavy atom. The van der Waals surface area contributed by atoms with Gasteiger partial charge in [-0.15, -0.1) is 0 Å². The molecule has 1 heterocycles. The summed E-state index contributed by atoms with van der Waals surface area (Å²) in [5.41, 5.74) is 1.56. The van der Waals surface area contributed by atoms with Crippen molar-refractivity contribution in [2.24, 2.45) is 5.41 Å². The molecule has 3 nitrogen and oxygen atoms in total. The van der Waals surface area contributed by atoms with Crippen LogP contribution >= 0.6 is 0 Å². The number of rotatable bonds is 4. The summed E-state index contributed by atoms with van der Waals surface area (Å²) in [6.45, 7) is 5.34. The molecule has 0 radical (unpaired) electrons. The quantitative estimate of drug-likeness (QED) is 0.809. The Bertz CT molecular complexity index is 438. The molecule has 0 amide bonds. The number of hydrogen-bond acceptors (Lipinski definition) is 3. The van der Waals surface area contributed by atoms with Crippen LogP contribution in [0.1, 0.15) is 29.8 Å². The SMILES string of the molecule is CNCC(C)(C)C(=O)c1ccc2c(c1)CCO2. The van der Waals surface area contributed by atoms with Crippen LogP contribution in [-0.2, 0) is 6.42 Å². The molecule has 0 saturated carbocycles. The zero-order chi connectivity index (χ0) is 12.5. The summed E-state index contributed by atoms with van der Waals surface area (Å²) in [6, 6.07) is 5.75. The monoisotopic (exact) mass is 233 g/mol. The van der Waals surface area contributed by atoms with Crippen molar-refractivity contribution in [3.63, 3.8) is 0 Å². The van der Waals surface area contributed by atoms with Crippen LogP contribution in [0.25, 0.3) is 0 Å². The largest absolute Gasteiger partial charge is 0.493 e. The lowest BCUT2D eigenvalue weighted by Gasteiger charge is -2.22. The van der Waals surface area contributed by atoms with Crippen LogP contribution in [0.15, 0.2) is 18.2 Å². The molecule has 3 heteroatoms. The standard InChI is InChI=1S/C14H19NO2/c1-14(2,9-15-3)13(16)11-4-5-12-10(8-11)6-7-17-12/h4-5,8,15H,6-7,9H2,1-3H3. The van der Waals surface area contributed by atoms with E-state index in [0.29, 0.717) is 6.54 Å². The van der Waals surface area contributed by atoms with Crippen LogP contribution in [0.5, 0.6) is 5.75 Å². The van der Waals surface area contributed by atoms with Gasteiger partial charge in [-0.3, -0.25) is 4.79 Å². The molecule has 0 saturated heterocycles. The maximum atomic E-state index is 12.4. The minimum absolute atomic E-state index is 0.182. The number of nitrogens with one attached hydrogen (secondary N) is 1. The smallest absolute Gasteiger partial charge is 0.169 e. The van der Waals surface area contributed by atoms with Crippen molar-refractivity contribution in [1.82, 2.24) is 5.32 Å². The number of ether oxygens (including phenoxy) is 1. The molecule has 0 aromatic heterocycles. The summed E-state index contributed by atoms with van der Waals surface area (Å²) >= 11 is 0. The van der Waals surface area contributed by atoms with E-state index < -0.39 is 0 Å². The van der Waals surface area contributed by atoms with E-state index in [1.54, 1.807) is 0 Å². The number of ketones is 1. The van der Waals surface area contributed by atoms with Gasteiger partial charge in [-0.2, -0.15) is 0 Å². The molecule has 2 rings (SSSR count). The molecular formula is C14H19NO2. The number of fused-ring (bicyclic) bond motifs is 1. The first-order valence-electron chi connectivity index (χ1n) is 6.00. The molecule has 0 spiro atoms. The summed E-state index contributed by atoms with van der Waals surface area (Å²) in [5, 5.41) is 3.07. The number of carbonyl (C=O) groups is 1. The second kappa shape index (κ2) is 4.49. The van der Waals surface area contributed by atoms with Crippen LogP contribution in [0, 0.1) is 5.41 Å². The number of carbonyl (C=O) groups excluding carboxylic acids is 1. The number of benzene rings is 1. The van der Waals surface area contributed by atoms with Crippen LogP contribution < -0.4 is 10.1 Å². The normalized spacial score (nSPS) is 14.3. The van der Waals surface area contributed by atoms with Crippen molar-refractivity contribution in [3.05, 3.63) is 29.3 Å². The van der Waals surface area contributed by atoms with Crippen LogP contribution in [0.4, 0.5) is 0 Å². The molecule has 1 N–H and O–H groups in total. The van der Waals surface area contributed by atoms with E-state index in [-0.39, 0.29) is 11.2 Å². The summed E-state index contributed by atoms with van der Waals surface area (Å²) in [4.78, 5) is 12.4. The average molecular weight is 233 g/mol. The zero-order valence-corrected chi connectivity index (χ0v) is 10.7. The third-order valence-corrected chi connectivity index (χ3v) is 3.19. The summed E-state index contributed by atoms with van der Waals surface area (Å²) in [6.07, 6.45) is 0.906. The predicted octanol–water partition coefficient (Wildman–Crippen LogP) is 2.05. The molecule has 0 atom stereocenters. The zero-order valence-electron chi connectivity index (χ0n) is 10.7. The van der Waals surface area contributed by atoms with Gasteiger partial charge in [0.25, 0.3) is 0 Å². The van der Waals surface area contributed by atoms with Crippen LogP contribution in [0.3, 0.4) is 0 Å². The molecule has 1 aromatic rings. The van der Waals surface area contributed by atoms with Gasteiger partial charge < -0.3 is 10.1 Å². The fraction of sp³-hybridized carbons (Fsp3) is 0.500. The molecule has 0 fully saturated rings. The van der Waals surface area contributed by atoms with Crippen molar-refractivity contribution in [2.45, 2.75) is 20.3 Å². The highest BCUT2D eigenvalue weighted by Crippen LogP contribution is 2.29. The summed E-state index contributed by atoms with van der Waals surface area (Å²) < 4.78 is 5.44. The van der Waals surface area contributed by atoms with Crippen molar-refractivity contribution >= 4 is 5.78 Å². The Hall–Kier alpha value is -1.35. The highest BCUT2D eigenvalue weighted by molar-refractivity contribution is 6.00. The first kappa shape index (κ1) is 12.1. The molecule has 17 heavy (non-hydrogen) atoms. The molecule has 0 bridgehead atoms. The van der Waals surface area contributed by atoms with Gasteiger partial charge >= 0.3 is 0 Å². The lowest BCUT2D eigenvalue weighted by atomic mass is 9.83. The predicted molar refractivity (Wildman–Crippen MR) is 67.7 cm³/mol. The molecule has 1 aliphatic rings. The van der Waals surface area contributed by atoms with E-state index in [0.717, 1.165) is 29.9 Å². The Morgan fingerprint density at radius 1 is 1.47 bits per heavy atom. The fourth-order valence-corrected chi connectivity index (χ4v) is 2.24. The lowest BCUT2D eigenvalue weighted by molar-refractivity contribution is 0.0839. The maximum Gasteiger partial charge on any atom is 0.169 e. The van der Waals surface area contributed by atoms with Crippen molar-refractivity contribution in [3.8, 4) is 5.75 Å². The van der Waals surface area contributed by atoms with E-state index in [2.05, 4.69) is 5.32 Å². The molecule has 1 aliphatic heterocycles. The van der Waals surface area contributed by atoms with Gasteiger partial charge in [-0.05, 0) is 30.8 Å². The highest BCUT2D eigenvalue weighted by Gasteiger charge is 2.28. The second-order valence-corrected chi connectivity index (χ2v) is 5.16. The number of hydrogen-bond donors (Lipinski definition) is 1. The van der Waals surface area contributed by atoms with Gasteiger partial charge in [0.1, 0.15) is 5.75 Å². The second-order valence-electron chi connectivity index (χ2n) is 5.16. The van der Waals surface area contributed by atoms with Crippen molar-refractivity contribution in [2.75, 3.05) is 20.2 Å². The van der Waals surface area contributed by atoms with E-state index in [4.69, 9.17) is 4.74 Å². The third-order valence-electron chi connectivity index (χ3n) is 3.19. The van der Waals surface area contributed by atoms with Crippen molar-refractivity contribution < 1.29 is 9.53 Å². The van der Waals surface area contributed by atoms with Crippen molar-refractivity contribution in [1.29, 1.82) is 0 Å². The topological polar surface area (TPSA) is 38.3 Å². The lowest BCUT2D eigenvalue weighted by Crippen LogP contribution is -2.34. The van der Waals surface area contributed by atoms with E-state index in [1.807, 2.05) is 39.1 Å². The van der Waals surface area contributed by atoms with Crippen LogP contribution in [0.2, 0.25) is 0 Å². The van der Waals surface area contributed by atoms with Gasteiger partial charge in [0, 0.05) is 23.9 Å². The van der Waals surface area contributed by atoms with E-state index >= 15 is 0 Å². The summed E-state index contributed by atoms with van der Waals surface area (Å²) in [5.74, 6) is 1.11. The minimum atomic E-state index is -0.373. The Labute approximate surface area is 102 Å². The molecule has 1 aromatic carbocycles. The van der Waals surface area contributed by atoms with E-state index in [9.17, 15) is 4.79 Å². The molecule has 0 aliphatic carbocycles. The minimum Gasteiger partial charge on any atom is -0.493 e. The van der Waals surface area contributed by atoms with Gasteiger partial charge in [0.2, 0.25) is 0 Å². The Balaban J connectivity index is 2.26. The van der Waals surface area contributed by atoms with Gasteiger partial charge in [-0.25, -0.2) is 0 Å².